The van der Waals surface area contributed by atoms with Crippen molar-refractivity contribution < 1.29 is 14.6 Å². The van der Waals surface area contributed by atoms with Crippen LogP contribution in [0.15, 0.2) is 24.3 Å². The zero-order valence-corrected chi connectivity index (χ0v) is 9.65. The molecule has 88 valence electrons. The summed E-state index contributed by atoms with van der Waals surface area (Å²) < 4.78 is 4.69. The fourth-order valence-corrected chi connectivity index (χ4v) is 1.71. The summed E-state index contributed by atoms with van der Waals surface area (Å²) in [5.74, 6) is -0.374. The van der Waals surface area contributed by atoms with Crippen LogP contribution in [0.1, 0.15) is 18.4 Å². The van der Waals surface area contributed by atoms with Crippen molar-refractivity contribution in [3.8, 4) is 0 Å². The summed E-state index contributed by atoms with van der Waals surface area (Å²) in [4.78, 5) is 10.5. The van der Waals surface area contributed by atoms with Crippen molar-refractivity contribution in [2.75, 3.05) is 6.61 Å². The lowest BCUT2D eigenvalue weighted by molar-refractivity contribution is 0.0994. The van der Waals surface area contributed by atoms with Gasteiger partial charge in [-0.1, -0.05) is 29.8 Å². The number of primary amides is 1. The highest BCUT2D eigenvalue weighted by atomic mass is 35.5. The Kier molecular flexibility index (Phi) is 4.58. The highest BCUT2D eigenvalue weighted by molar-refractivity contribution is 6.31. The molecule has 1 amide bonds. The first-order chi connectivity index (χ1) is 7.52. The lowest BCUT2D eigenvalue weighted by Gasteiger charge is -2.20. The second-order valence-corrected chi connectivity index (χ2v) is 3.91. The minimum absolute atomic E-state index is 0.0106. The van der Waals surface area contributed by atoms with Crippen LogP contribution in [-0.4, -0.2) is 23.9 Å². The van der Waals surface area contributed by atoms with E-state index in [9.17, 15) is 9.90 Å². The lowest BCUT2D eigenvalue weighted by Crippen LogP contribution is -2.24. The molecule has 5 heteroatoms. The number of carbonyl (C=O) groups excluding carboxylic acids is 1. The topological polar surface area (TPSA) is 72.6 Å². The molecule has 0 fully saturated rings. The minimum atomic E-state index is -0.863. The molecule has 1 aromatic carbocycles. The highest BCUT2D eigenvalue weighted by Crippen LogP contribution is 2.27. The van der Waals surface area contributed by atoms with Crippen LogP contribution in [-0.2, 0) is 4.74 Å². The fourth-order valence-electron chi connectivity index (χ4n) is 1.44. The Labute approximate surface area is 99.0 Å². The fraction of sp³-hybridized carbons (Fsp3) is 0.364. The van der Waals surface area contributed by atoms with E-state index < -0.39 is 12.2 Å². The van der Waals surface area contributed by atoms with Gasteiger partial charge in [-0.05, 0) is 18.6 Å². The molecule has 2 atom stereocenters. The van der Waals surface area contributed by atoms with E-state index >= 15 is 0 Å². The van der Waals surface area contributed by atoms with Crippen molar-refractivity contribution in [2.24, 2.45) is 5.73 Å². The Bertz CT molecular complexity index is 368. The zero-order chi connectivity index (χ0) is 12.1. The molecule has 0 heterocycles. The third-order valence-corrected chi connectivity index (χ3v) is 2.64. The molecule has 2 unspecified atom stereocenters. The quantitative estimate of drug-likeness (QED) is 0.848. The normalized spacial score (nSPS) is 14.2. The van der Waals surface area contributed by atoms with Crippen molar-refractivity contribution in [2.45, 2.75) is 18.9 Å². The summed E-state index contributed by atoms with van der Waals surface area (Å²) in [6, 6.07) is 7.10. The van der Waals surface area contributed by atoms with Crippen LogP contribution in [0.3, 0.4) is 0 Å². The van der Waals surface area contributed by atoms with Gasteiger partial charge in [-0.2, -0.15) is 0 Å². The smallest absolute Gasteiger partial charge is 0.404 e. The molecular weight excluding hydrogens is 230 g/mol. The summed E-state index contributed by atoms with van der Waals surface area (Å²) in [5.41, 5.74) is 5.62. The highest BCUT2D eigenvalue weighted by Gasteiger charge is 2.21. The molecule has 0 radical (unpaired) electrons. The van der Waals surface area contributed by atoms with Crippen molar-refractivity contribution in [1.29, 1.82) is 0 Å². The molecule has 1 aromatic rings. The van der Waals surface area contributed by atoms with E-state index in [0.717, 1.165) is 5.56 Å². The predicted octanol–water partition coefficient (Wildman–Crippen LogP) is 1.90. The second-order valence-electron chi connectivity index (χ2n) is 3.50. The van der Waals surface area contributed by atoms with Crippen LogP contribution >= 0.6 is 11.6 Å². The Morgan fingerprint density at radius 3 is 2.69 bits per heavy atom. The van der Waals surface area contributed by atoms with E-state index in [4.69, 9.17) is 22.1 Å². The van der Waals surface area contributed by atoms with Crippen molar-refractivity contribution in [3.63, 3.8) is 0 Å². The average Bonchev–Trinajstić information content (AvgIpc) is 2.20. The van der Waals surface area contributed by atoms with Crippen LogP contribution in [0, 0.1) is 0 Å². The number of aliphatic hydroxyl groups excluding tert-OH is 1. The molecule has 0 saturated heterocycles. The van der Waals surface area contributed by atoms with Crippen molar-refractivity contribution >= 4 is 17.7 Å². The van der Waals surface area contributed by atoms with Gasteiger partial charge in [-0.25, -0.2) is 4.79 Å². The number of nitrogens with two attached hydrogens (primary N) is 1. The number of carbonyl (C=O) groups is 1. The number of halogens is 1. The van der Waals surface area contributed by atoms with Gasteiger partial charge in [0.1, 0.15) is 6.61 Å². The SMILES string of the molecule is CC(O)C(COC(N)=O)c1ccccc1Cl. The maximum absolute atomic E-state index is 10.5. The number of hydrogen-bond acceptors (Lipinski definition) is 3. The van der Waals surface area contributed by atoms with Crippen LogP contribution in [0.25, 0.3) is 0 Å². The molecule has 0 spiro atoms. The number of benzene rings is 1. The summed E-state index contributed by atoms with van der Waals surface area (Å²) in [5, 5.41) is 10.1. The first-order valence-corrected chi connectivity index (χ1v) is 5.25. The van der Waals surface area contributed by atoms with Gasteiger partial charge in [-0.3, -0.25) is 0 Å². The molecular formula is C11H14ClNO3. The molecule has 16 heavy (non-hydrogen) atoms. The Balaban J connectivity index is 2.85. The molecule has 0 aliphatic heterocycles. The second kappa shape index (κ2) is 5.72. The molecule has 0 bridgehead atoms. The molecule has 0 saturated carbocycles. The van der Waals surface area contributed by atoms with E-state index in [1.165, 1.54) is 0 Å². The van der Waals surface area contributed by atoms with E-state index in [-0.39, 0.29) is 12.5 Å². The monoisotopic (exact) mass is 243 g/mol. The van der Waals surface area contributed by atoms with Gasteiger partial charge in [-0.15, -0.1) is 0 Å². The van der Waals surface area contributed by atoms with Gasteiger partial charge in [0.05, 0.1) is 6.10 Å². The summed E-state index contributed by atoms with van der Waals surface area (Å²) in [6.07, 6.45) is -1.54. The first kappa shape index (κ1) is 12.8. The van der Waals surface area contributed by atoms with Crippen molar-refractivity contribution in [3.05, 3.63) is 34.9 Å². The van der Waals surface area contributed by atoms with E-state index in [1.807, 2.05) is 0 Å². The number of amides is 1. The summed E-state index contributed by atoms with van der Waals surface area (Å²) in [6.45, 7) is 1.62. The summed E-state index contributed by atoms with van der Waals surface area (Å²) in [7, 11) is 0. The lowest BCUT2D eigenvalue weighted by atomic mass is 9.95. The third kappa shape index (κ3) is 3.40. The minimum Gasteiger partial charge on any atom is -0.449 e. The van der Waals surface area contributed by atoms with Crippen molar-refractivity contribution in [1.82, 2.24) is 0 Å². The van der Waals surface area contributed by atoms with Gasteiger partial charge in [0.15, 0.2) is 0 Å². The largest absolute Gasteiger partial charge is 0.449 e. The van der Waals surface area contributed by atoms with Gasteiger partial charge >= 0.3 is 6.09 Å². The number of ether oxygens (including phenoxy) is 1. The van der Waals surface area contributed by atoms with E-state index in [1.54, 1.807) is 31.2 Å². The third-order valence-electron chi connectivity index (χ3n) is 2.29. The molecule has 0 aromatic heterocycles. The Morgan fingerprint density at radius 2 is 2.19 bits per heavy atom. The van der Waals surface area contributed by atoms with Gasteiger partial charge < -0.3 is 15.6 Å². The molecule has 4 nitrogen and oxygen atoms in total. The summed E-state index contributed by atoms with van der Waals surface area (Å²) >= 11 is 6.00. The predicted molar refractivity (Wildman–Crippen MR) is 61.4 cm³/mol. The maximum atomic E-state index is 10.5. The van der Waals surface area contributed by atoms with Crippen LogP contribution < -0.4 is 5.73 Å². The number of aliphatic hydroxyl groups is 1. The first-order valence-electron chi connectivity index (χ1n) is 4.87. The maximum Gasteiger partial charge on any atom is 0.404 e. The van der Waals surface area contributed by atoms with Crippen LogP contribution in [0.4, 0.5) is 4.79 Å². The zero-order valence-electron chi connectivity index (χ0n) is 8.89. The Morgan fingerprint density at radius 1 is 1.56 bits per heavy atom. The van der Waals surface area contributed by atoms with Gasteiger partial charge in [0, 0.05) is 10.9 Å². The number of hydrogen-bond donors (Lipinski definition) is 2. The van der Waals surface area contributed by atoms with E-state index in [0.29, 0.717) is 5.02 Å². The van der Waals surface area contributed by atoms with Gasteiger partial charge in [0.2, 0.25) is 0 Å². The van der Waals surface area contributed by atoms with E-state index in [2.05, 4.69) is 0 Å². The Hall–Kier alpha value is -1.26. The average molecular weight is 244 g/mol. The number of rotatable bonds is 4. The van der Waals surface area contributed by atoms with Crippen LogP contribution in [0.2, 0.25) is 5.02 Å². The molecule has 0 aliphatic rings. The van der Waals surface area contributed by atoms with Gasteiger partial charge in [0.25, 0.3) is 0 Å². The molecule has 1 rings (SSSR count). The standard InChI is InChI=1S/C11H14ClNO3/c1-7(14)9(6-16-11(13)15)8-4-2-3-5-10(8)12/h2-5,7,9,14H,6H2,1H3,(H2,13,15). The molecule has 0 aliphatic carbocycles. The van der Waals surface area contributed by atoms with Crippen LogP contribution in [0.5, 0.6) is 0 Å². The molecule has 3 N–H and O–H groups in total.